The molecule has 1 aromatic heterocycles. The molecular formula is C14H17NO. The number of ether oxygens (including phenoxy) is 1. The minimum atomic E-state index is 0.805. The Morgan fingerprint density at radius 2 is 1.75 bits per heavy atom. The largest absolute Gasteiger partial charge is 0.494 e. The van der Waals surface area contributed by atoms with Gasteiger partial charge in [0.25, 0.3) is 0 Å². The van der Waals surface area contributed by atoms with Crippen LogP contribution < -0.4 is 4.74 Å². The van der Waals surface area contributed by atoms with Crippen LogP contribution in [0.4, 0.5) is 0 Å². The van der Waals surface area contributed by atoms with Crippen molar-refractivity contribution in [2.45, 2.75) is 19.8 Å². The third kappa shape index (κ3) is 2.66. The highest BCUT2D eigenvalue weighted by molar-refractivity contribution is 5.37. The fraction of sp³-hybridized carbons (Fsp3) is 0.286. The van der Waals surface area contributed by atoms with Crippen molar-refractivity contribution in [3.05, 3.63) is 48.8 Å². The lowest BCUT2D eigenvalue weighted by atomic mass is 10.3. The molecule has 2 nitrogen and oxygen atoms in total. The molecule has 0 unspecified atom stereocenters. The summed E-state index contributed by atoms with van der Waals surface area (Å²) in [4.78, 5) is 0. The molecule has 2 heteroatoms. The van der Waals surface area contributed by atoms with Crippen LogP contribution in [0.3, 0.4) is 0 Å². The normalized spacial score (nSPS) is 10.3. The number of unbranched alkanes of at least 4 members (excludes halogenated alkanes) is 1. The molecule has 0 saturated carbocycles. The predicted molar refractivity (Wildman–Crippen MR) is 66.2 cm³/mol. The van der Waals surface area contributed by atoms with Crippen molar-refractivity contribution in [3.8, 4) is 11.4 Å². The van der Waals surface area contributed by atoms with Gasteiger partial charge in [-0.25, -0.2) is 0 Å². The maximum atomic E-state index is 5.61. The number of aromatic nitrogens is 1. The zero-order chi connectivity index (χ0) is 11.2. The fourth-order valence-corrected chi connectivity index (χ4v) is 1.56. The van der Waals surface area contributed by atoms with Crippen LogP contribution in [0.15, 0.2) is 48.8 Å². The van der Waals surface area contributed by atoms with E-state index in [1.54, 1.807) is 0 Å². The molecule has 2 rings (SSSR count). The summed E-state index contributed by atoms with van der Waals surface area (Å²) in [6, 6.07) is 12.2. The van der Waals surface area contributed by atoms with Crippen molar-refractivity contribution in [3.63, 3.8) is 0 Å². The molecule has 0 aliphatic carbocycles. The average molecular weight is 215 g/mol. The maximum Gasteiger partial charge on any atom is 0.119 e. The van der Waals surface area contributed by atoms with E-state index in [-0.39, 0.29) is 0 Å². The Morgan fingerprint density at radius 3 is 2.38 bits per heavy atom. The smallest absolute Gasteiger partial charge is 0.119 e. The average Bonchev–Trinajstić information content (AvgIpc) is 2.84. The molecule has 1 aromatic carbocycles. The lowest BCUT2D eigenvalue weighted by molar-refractivity contribution is 0.309. The molecule has 2 aromatic rings. The first-order valence-electron chi connectivity index (χ1n) is 5.76. The van der Waals surface area contributed by atoms with E-state index in [2.05, 4.69) is 23.6 Å². The lowest BCUT2D eigenvalue weighted by Gasteiger charge is -2.07. The van der Waals surface area contributed by atoms with Gasteiger partial charge in [-0.3, -0.25) is 0 Å². The number of hydrogen-bond acceptors (Lipinski definition) is 1. The first-order valence-corrected chi connectivity index (χ1v) is 5.76. The van der Waals surface area contributed by atoms with E-state index in [0.717, 1.165) is 24.5 Å². The van der Waals surface area contributed by atoms with Gasteiger partial charge in [0.15, 0.2) is 0 Å². The van der Waals surface area contributed by atoms with Crippen molar-refractivity contribution in [1.29, 1.82) is 0 Å². The van der Waals surface area contributed by atoms with E-state index >= 15 is 0 Å². The Bertz CT molecular complexity index is 403. The highest BCUT2D eigenvalue weighted by Crippen LogP contribution is 2.15. The van der Waals surface area contributed by atoms with Gasteiger partial charge in [0.2, 0.25) is 0 Å². The van der Waals surface area contributed by atoms with Crippen LogP contribution in [-0.2, 0) is 0 Å². The van der Waals surface area contributed by atoms with Crippen molar-refractivity contribution >= 4 is 0 Å². The molecule has 0 aliphatic heterocycles. The Labute approximate surface area is 96.5 Å². The van der Waals surface area contributed by atoms with Crippen LogP contribution in [0.1, 0.15) is 19.8 Å². The fourth-order valence-electron chi connectivity index (χ4n) is 1.56. The van der Waals surface area contributed by atoms with Crippen molar-refractivity contribution < 1.29 is 4.74 Å². The van der Waals surface area contributed by atoms with Crippen LogP contribution in [0.25, 0.3) is 5.69 Å². The first kappa shape index (κ1) is 10.8. The molecular weight excluding hydrogens is 198 g/mol. The zero-order valence-corrected chi connectivity index (χ0v) is 9.60. The number of benzene rings is 1. The summed E-state index contributed by atoms with van der Waals surface area (Å²) >= 11 is 0. The third-order valence-electron chi connectivity index (χ3n) is 2.51. The second-order valence-corrected chi connectivity index (χ2v) is 3.79. The summed E-state index contributed by atoms with van der Waals surface area (Å²) in [7, 11) is 0. The monoisotopic (exact) mass is 215 g/mol. The van der Waals surface area contributed by atoms with Crippen LogP contribution in [0, 0.1) is 0 Å². The zero-order valence-electron chi connectivity index (χ0n) is 9.60. The summed E-state index contributed by atoms with van der Waals surface area (Å²) in [5.41, 5.74) is 1.16. The van der Waals surface area contributed by atoms with E-state index in [9.17, 15) is 0 Å². The second-order valence-electron chi connectivity index (χ2n) is 3.79. The van der Waals surface area contributed by atoms with Crippen molar-refractivity contribution in [2.75, 3.05) is 6.61 Å². The Hall–Kier alpha value is -1.70. The van der Waals surface area contributed by atoms with Crippen LogP contribution in [0.2, 0.25) is 0 Å². The maximum absolute atomic E-state index is 5.61. The lowest BCUT2D eigenvalue weighted by Crippen LogP contribution is -1.96. The molecule has 0 bridgehead atoms. The van der Waals surface area contributed by atoms with Crippen molar-refractivity contribution in [2.24, 2.45) is 0 Å². The predicted octanol–water partition coefficient (Wildman–Crippen LogP) is 3.66. The summed E-state index contributed by atoms with van der Waals surface area (Å²) in [6.45, 7) is 2.97. The second kappa shape index (κ2) is 5.40. The molecule has 0 aliphatic rings. The van der Waals surface area contributed by atoms with Crippen molar-refractivity contribution in [1.82, 2.24) is 4.57 Å². The van der Waals surface area contributed by atoms with E-state index < -0.39 is 0 Å². The van der Waals surface area contributed by atoms with Gasteiger partial charge in [-0.2, -0.15) is 0 Å². The molecule has 0 amide bonds. The van der Waals surface area contributed by atoms with Gasteiger partial charge in [-0.1, -0.05) is 13.3 Å². The van der Waals surface area contributed by atoms with E-state index in [1.165, 1.54) is 6.42 Å². The van der Waals surface area contributed by atoms with Gasteiger partial charge in [0.05, 0.1) is 6.61 Å². The van der Waals surface area contributed by atoms with Crippen LogP contribution >= 0.6 is 0 Å². The summed E-state index contributed by atoms with van der Waals surface area (Å²) in [5.74, 6) is 0.948. The molecule has 16 heavy (non-hydrogen) atoms. The molecule has 0 N–H and O–H groups in total. The molecule has 84 valence electrons. The van der Waals surface area contributed by atoms with E-state index in [4.69, 9.17) is 4.74 Å². The molecule has 0 spiro atoms. The van der Waals surface area contributed by atoms with Gasteiger partial charge >= 0.3 is 0 Å². The number of rotatable bonds is 5. The highest BCUT2D eigenvalue weighted by Gasteiger charge is 1.96. The topological polar surface area (TPSA) is 14.2 Å². The SMILES string of the molecule is CCCCOc1ccc(-n2cccc2)cc1. The number of hydrogen-bond donors (Lipinski definition) is 0. The molecule has 1 heterocycles. The Balaban J connectivity index is 2.00. The summed E-state index contributed by atoms with van der Waals surface area (Å²) < 4.78 is 7.69. The molecule has 0 atom stereocenters. The number of nitrogens with zero attached hydrogens (tertiary/aromatic N) is 1. The summed E-state index contributed by atoms with van der Waals surface area (Å²) in [5, 5.41) is 0. The molecule has 0 saturated heterocycles. The quantitative estimate of drug-likeness (QED) is 0.694. The van der Waals surface area contributed by atoms with Gasteiger partial charge in [0.1, 0.15) is 5.75 Å². The van der Waals surface area contributed by atoms with Gasteiger partial charge < -0.3 is 9.30 Å². The van der Waals surface area contributed by atoms with Gasteiger partial charge in [0, 0.05) is 18.1 Å². The van der Waals surface area contributed by atoms with Gasteiger partial charge in [-0.15, -0.1) is 0 Å². The Morgan fingerprint density at radius 1 is 1.06 bits per heavy atom. The molecule has 0 fully saturated rings. The minimum absolute atomic E-state index is 0.805. The highest BCUT2D eigenvalue weighted by atomic mass is 16.5. The van der Waals surface area contributed by atoms with E-state index in [0.29, 0.717) is 0 Å². The standard InChI is InChI=1S/C14H17NO/c1-2-3-12-16-14-8-6-13(7-9-14)15-10-4-5-11-15/h4-11H,2-3,12H2,1H3. The van der Waals surface area contributed by atoms with Crippen LogP contribution in [-0.4, -0.2) is 11.2 Å². The van der Waals surface area contributed by atoms with E-state index in [1.807, 2.05) is 36.7 Å². The molecule has 0 radical (unpaired) electrons. The van der Waals surface area contributed by atoms with Crippen LogP contribution in [0.5, 0.6) is 5.75 Å². The summed E-state index contributed by atoms with van der Waals surface area (Å²) in [6.07, 6.45) is 6.35. The minimum Gasteiger partial charge on any atom is -0.494 e. The first-order chi connectivity index (χ1) is 7.90. The van der Waals surface area contributed by atoms with Gasteiger partial charge in [-0.05, 0) is 42.8 Å². The Kier molecular flexibility index (Phi) is 3.65. The third-order valence-corrected chi connectivity index (χ3v) is 2.51.